The molecule has 1 amide bonds. The number of carboxylic acid groups (broad SMARTS) is 1. The van der Waals surface area contributed by atoms with E-state index in [9.17, 15) is 14.0 Å². The molecule has 24 heavy (non-hydrogen) atoms. The lowest BCUT2D eigenvalue weighted by Crippen LogP contribution is -2.35. The van der Waals surface area contributed by atoms with E-state index in [2.05, 4.69) is 10.1 Å². The summed E-state index contributed by atoms with van der Waals surface area (Å²) >= 11 is 0. The van der Waals surface area contributed by atoms with Crippen molar-refractivity contribution in [3.63, 3.8) is 0 Å². The first-order chi connectivity index (χ1) is 11.4. The summed E-state index contributed by atoms with van der Waals surface area (Å²) in [5.41, 5.74) is 1.09. The number of halogens is 1. The summed E-state index contributed by atoms with van der Waals surface area (Å²) in [6, 6.07) is 4.49. The number of hydrogen-bond donors (Lipinski definition) is 1. The van der Waals surface area contributed by atoms with E-state index in [0.29, 0.717) is 23.5 Å². The minimum atomic E-state index is -1.06. The third-order valence-electron chi connectivity index (χ3n) is 3.50. The van der Waals surface area contributed by atoms with Gasteiger partial charge >= 0.3 is 5.97 Å². The van der Waals surface area contributed by atoms with Crippen molar-refractivity contribution >= 4 is 11.9 Å². The second kappa shape index (κ2) is 7.67. The lowest BCUT2D eigenvalue weighted by Gasteiger charge is -2.17. The van der Waals surface area contributed by atoms with Crippen LogP contribution in [0.15, 0.2) is 22.7 Å². The molecule has 0 radical (unpaired) electrons. The molecule has 0 aliphatic rings. The zero-order valence-electron chi connectivity index (χ0n) is 13.5. The van der Waals surface area contributed by atoms with Crippen LogP contribution in [0.1, 0.15) is 24.8 Å². The summed E-state index contributed by atoms with van der Waals surface area (Å²) in [7, 11) is 0. The molecule has 0 saturated heterocycles. The number of aromatic nitrogens is 2. The number of aryl methyl sites for hydroxylation is 2. The molecule has 0 saturated carbocycles. The fourth-order valence-corrected chi connectivity index (χ4v) is 2.17. The van der Waals surface area contributed by atoms with Crippen molar-refractivity contribution in [1.82, 2.24) is 15.0 Å². The number of nitrogens with zero attached hydrogens (tertiary/aromatic N) is 3. The number of aliphatic carboxylic acids is 1. The van der Waals surface area contributed by atoms with Crippen LogP contribution in [-0.4, -0.2) is 45.1 Å². The van der Waals surface area contributed by atoms with Crippen molar-refractivity contribution in [2.45, 2.75) is 26.7 Å². The molecule has 1 aromatic heterocycles. The van der Waals surface area contributed by atoms with Gasteiger partial charge in [-0.3, -0.25) is 9.59 Å². The van der Waals surface area contributed by atoms with Crippen LogP contribution in [0.25, 0.3) is 11.4 Å². The summed E-state index contributed by atoms with van der Waals surface area (Å²) in [5.74, 6) is -1.08. The molecular weight excluding hydrogens is 317 g/mol. The summed E-state index contributed by atoms with van der Waals surface area (Å²) in [4.78, 5) is 28.1. The first kappa shape index (κ1) is 17.6. The zero-order valence-corrected chi connectivity index (χ0v) is 13.5. The molecule has 2 rings (SSSR count). The van der Waals surface area contributed by atoms with Crippen LogP contribution in [0.5, 0.6) is 0 Å². The predicted octanol–water partition coefficient (Wildman–Crippen LogP) is 2.05. The van der Waals surface area contributed by atoms with Gasteiger partial charge in [-0.25, -0.2) is 4.39 Å². The average Bonchev–Trinajstić information content (AvgIpc) is 3.01. The van der Waals surface area contributed by atoms with Gasteiger partial charge in [-0.2, -0.15) is 4.98 Å². The molecule has 1 heterocycles. The molecule has 0 fully saturated rings. The Bertz CT molecular complexity index is 745. The SMILES string of the molecule is CCN(CC(=O)O)C(=O)CCc1nc(-c2ccc(F)c(C)c2)no1. The first-order valence-corrected chi connectivity index (χ1v) is 7.49. The summed E-state index contributed by atoms with van der Waals surface area (Å²) in [5, 5.41) is 12.6. The predicted molar refractivity (Wildman–Crippen MR) is 82.6 cm³/mol. The summed E-state index contributed by atoms with van der Waals surface area (Å²) < 4.78 is 18.4. The quantitative estimate of drug-likeness (QED) is 0.832. The number of carboxylic acids is 1. The maximum atomic E-state index is 13.3. The number of amides is 1. The Hall–Kier alpha value is -2.77. The van der Waals surface area contributed by atoms with Crippen LogP contribution in [-0.2, 0) is 16.0 Å². The van der Waals surface area contributed by atoms with Crippen LogP contribution in [0.2, 0.25) is 0 Å². The molecule has 1 N–H and O–H groups in total. The highest BCUT2D eigenvalue weighted by Gasteiger charge is 2.17. The second-order valence-electron chi connectivity index (χ2n) is 5.28. The van der Waals surface area contributed by atoms with Gasteiger partial charge in [0.25, 0.3) is 0 Å². The van der Waals surface area contributed by atoms with Gasteiger partial charge in [-0.15, -0.1) is 0 Å². The highest BCUT2D eigenvalue weighted by atomic mass is 19.1. The molecule has 1 aromatic carbocycles. The fraction of sp³-hybridized carbons (Fsp3) is 0.375. The van der Waals surface area contributed by atoms with E-state index in [0.717, 1.165) is 0 Å². The minimum absolute atomic E-state index is 0.0746. The Morgan fingerprint density at radius 1 is 1.38 bits per heavy atom. The standard InChI is InChI=1S/C16H18FN3O4/c1-3-20(9-15(22)23)14(21)7-6-13-18-16(19-24-13)11-4-5-12(17)10(2)8-11/h4-5,8H,3,6-7,9H2,1-2H3,(H,22,23). The molecule has 0 aliphatic carbocycles. The Morgan fingerprint density at radius 3 is 2.75 bits per heavy atom. The van der Waals surface area contributed by atoms with Crippen molar-refractivity contribution in [1.29, 1.82) is 0 Å². The number of hydrogen-bond acceptors (Lipinski definition) is 5. The summed E-state index contributed by atoms with van der Waals surface area (Å²) in [6.07, 6.45) is 0.285. The van der Waals surface area contributed by atoms with Crippen LogP contribution in [0.3, 0.4) is 0 Å². The van der Waals surface area contributed by atoms with E-state index in [1.807, 2.05) is 0 Å². The Kier molecular flexibility index (Phi) is 5.62. The fourth-order valence-electron chi connectivity index (χ4n) is 2.17. The zero-order chi connectivity index (χ0) is 17.7. The van der Waals surface area contributed by atoms with Crippen molar-refractivity contribution in [2.24, 2.45) is 0 Å². The van der Waals surface area contributed by atoms with Gasteiger partial charge in [0.1, 0.15) is 12.4 Å². The number of benzene rings is 1. The average molecular weight is 335 g/mol. The van der Waals surface area contributed by atoms with Crippen molar-refractivity contribution in [3.8, 4) is 11.4 Å². The monoisotopic (exact) mass is 335 g/mol. The maximum Gasteiger partial charge on any atom is 0.323 e. The number of carbonyl (C=O) groups excluding carboxylic acids is 1. The second-order valence-corrected chi connectivity index (χ2v) is 5.28. The first-order valence-electron chi connectivity index (χ1n) is 7.49. The van der Waals surface area contributed by atoms with Gasteiger partial charge in [0.2, 0.25) is 17.6 Å². The Balaban J connectivity index is 1.99. The minimum Gasteiger partial charge on any atom is -0.480 e. The van der Waals surface area contributed by atoms with E-state index in [1.165, 1.54) is 11.0 Å². The molecular formula is C16H18FN3O4. The topological polar surface area (TPSA) is 96.5 Å². The highest BCUT2D eigenvalue weighted by molar-refractivity contribution is 5.81. The lowest BCUT2D eigenvalue weighted by molar-refractivity contribution is -0.144. The number of rotatable bonds is 7. The van der Waals surface area contributed by atoms with Gasteiger partial charge in [-0.1, -0.05) is 5.16 Å². The summed E-state index contributed by atoms with van der Waals surface area (Å²) in [6.45, 7) is 3.33. The third-order valence-corrected chi connectivity index (χ3v) is 3.50. The van der Waals surface area contributed by atoms with Crippen LogP contribution < -0.4 is 0 Å². The Morgan fingerprint density at radius 2 is 2.12 bits per heavy atom. The van der Waals surface area contributed by atoms with Crippen molar-refractivity contribution in [2.75, 3.05) is 13.1 Å². The van der Waals surface area contributed by atoms with Crippen LogP contribution in [0.4, 0.5) is 4.39 Å². The molecule has 8 heteroatoms. The largest absolute Gasteiger partial charge is 0.480 e. The number of carbonyl (C=O) groups is 2. The van der Waals surface area contributed by atoms with Gasteiger partial charge < -0.3 is 14.5 Å². The van der Waals surface area contributed by atoms with Crippen LogP contribution >= 0.6 is 0 Å². The van der Waals surface area contributed by atoms with Gasteiger partial charge in [-0.05, 0) is 37.6 Å². The molecule has 0 unspecified atom stereocenters. The van der Waals surface area contributed by atoms with Gasteiger partial charge in [0.05, 0.1) is 0 Å². The van der Waals surface area contributed by atoms with Crippen molar-refractivity contribution < 1.29 is 23.6 Å². The smallest absolute Gasteiger partial charge is 0.323 e. The highest BCUT2D eigenvalue weighted by Crippen LogP contribution is 2.19. The number of likely N-dealkylation sites (N-methyl/N-ethyl adjacent to an activating group) is 1. The maximum absolute atomic E-state index is 13.3. The van der Waals surface area contributed by atoms with E-state index in [-0.39, 0.29) is 37.0 Å². The van der Waals surface area contributed by atoms with Gasteiger partial charge in [0.15, 0.2) is 0 Å². The molecule has 0 spiro atoms. The third kappa shape index (κ3) is 4.37. The lowest BCUT2D eigenvalue weighted by atomic mass is 10.1. The molecule has 128 valence electrons. The van der Waals surface area contributed by atoms with E-state index in [4.69, 9.17) is 9.63 Å². The van der Waals surface area contributed by atoms with E-state index >= 15 is 0 Å². The molecule has 0 atom stereocenters. The Labute approximate surface area is 138 Å². The van der Waals surface area contributed by atoms with E-state index in [1.54, 1.807) is 26.0 Å². The normalized spacial score (nSPS) is 10.6. The molecule has 0 aliphatic heterocycles. The van der Waals surface area contributed by atoms with E-state index < -0.39 is 5.97 Å². The van der Waals surface area contributed by atoms with Crippen LogP contribution in [0, 0.1) is 12.7 Å². The molecule has 2 aromatic rings. The van der Waals surface area contributed by atoms with Gasteiger partial charge in [0, 0.05) is 24.9 Å². The molecule has 7 nitrogen and oxygen atoms in total. The van der Waals surface area contributed by atoms with Crippen molar-refractivity contribution in [3.05, 3.63) is 35.5 Å². The molecule has 0 bridgehead atoms.